The van der Waals surface area contributed by atoms with Gasteiger partial charge in [0.05, 0.1) is 22.6 Å². The Morgan fingerprint density at radius 2 is 1.81 bits per heavy atom. The van der Waals surface area contributed by atoms with Crippen LogP contribution in [0.5, 0.6) is 0 Å². The van der Waals surface area contributed by atoms with Crippen LogP contribution in [-0.4, -0.2) is 45.0 Å². The van der Waals surface area contributed by atoms with Crippen molar-refractivity contribution in [3.8, 4) is 0 Å². The summed E-state index contributed by atoms with van der Waals surface area (Å²) in [6.07, 6.45) is 0. The monoisotopic (exact) mass is 301 g/mol. The first-order chi connectivity index (χ1) is 10.1. The zero-order valence-corrected chi connectivity index (χ0v) is 13.4. The van der Waals surface area contributed by atoms with Crippen molar-refractivity contribution in [3.05, 3.63) is 40.6 Å². The van der Waals surface area contributed by atoms with Crippen LogP contribution < -0.4 is 9.80 Å². The molecule has 1 aliphatic rings. The van der Waals surface area contributed by atoms with E-state index in [-0.39, 0.29) is 5.91 Å². The molecule has 0 N–H and O–H groups in total. The number of likely N-dealkylation sites (N-methyl/N-ethyl adjacent to an activating group) is 1. The van der Waals surface area contributed by atoms with Gasteiger partial charge in [-0.05, 0) is 26.2 Å². The van der Waals surface area contributed by atoms with Crippen LogP contribution in [0.2, 0.25) is 0 Å². The maximum Gasteiger partial charge on any atom is 0.261 e. The van der Waals surface area contributed by atoms with E-state index < -0.39 is 0 Å². The molecule has 0 saturated heterocycles. The van der Waals surface area contributed by atoms with Crippen LogP contribution in [0.25, 0.3) is 0 Å². The van der Waals surface area contributed by atoms with Crippen molar-refractivity contribution in [1.29, 1.82) is 0 Å². The van der Waals surface area contributed by atoms with Crippen LogP contribution in [0, 0.1) is 0 Å². The van der Waals surface area contributed by atoms with E-state index in [1.54, 1.807) is 11.3 Å². The van der Waals surface area contributed by atoms with E-state index in [0.29, 0.717) is 6.54 Å². The van der Waals surface area contributed by atoms with Crippen molar-refractivity contribution < 1.29 is 4.79 Å². The summed E-state index contributed by atoms with van der Waals surface area (Å²) < 4.78 is 0. The molecule has 1 aromatic carbocycles. The van der Waals surface area contributed by atoms with Crippen LogP contribution in [-0.2, 0) is 0 Å². The molecule has 0 spiro atoms. The minimum absolute atomic E-state index is 0.0879. The normalized spacial score (nSPS) is 14.2. The van der Waals surface area contributed by atoms with Gasteiger partial charge in [0.1, 0.15) is 0 Å². The summed E-state index contributed by atoms with van der Waals surface area (Å²) in [6, 6.07) is 8.09. The summed E-state index contributed by atoms with van der Waals surface area (Å²) in [5.74, 6) is 0.0879. The Hall–Kier alpha value is -1.85. The van der Waals surface area contributed by atoms with Gasteiger partial charge in [-0.15, -0.1) is 11.3 Å². The van der Waals surface area contributed by atoms with E-state index in [2.05, 4.69) is 15.9 Å². The summed E-state index contributed by atoms with van der Waals surface area (Å²) in [6.45, 7) is 1.52. The first-order valence-corrected chi connectivity index (χ1v) is 7.89. The molecule has 4 nitrogen and oxygen atoms in total. The number of para-hydroxylation sites is 2. The van der Waals surface area contributed by atoms with Crippen LogP contribution in [0.4, 0.5) is 17.1 Å². The van der Waals surface area contributed by atoms with E-state index in [4.69, 9.17) is 0 Å². The van der Waals surface area contributed by atoms with Crippen LogP contribution >= 0.6 is 11.3 Å². The van der Waals surface area contributed by atoms with E-state index in [1.165, 1.54) is 0 Å². The van der Waals surface area contributed by atoms with Gasteiger partial charge in [0, 0.05) is 30.9 Å². The lowest BCUT2D eigenvalue weighted by atomic mass is 10.2. The van der Waals surface area contributed by atoms with Crippen LogP contribution in [0.15, 0.2) is 35.0 Å². The van der Waals surface area contributed by atoms with Gasteiger partial charge in [-0.1, -0.05) is 12.1 Å². The molecule has 1 amide bonds. The lowest BCUT2D eigenvalue weighted by Crippen LogP contribution is -2.36. The Labute approximate surface area is 129 Å². The van der Waals surface area contributed by atoms with Crippen LogP contribution in [0.1, 0.15) is 10.4 Å². The van der Waals surface area contributed by atoms with Gasteiger partial charge < -0.3 is 14.7 Å². The van der Waals surface area contributed by atoms with Crippen molar-refractivity contribution in [2.75, 3.05) is 44.0 Å². The van der Waals surface area contributed by atoms with Gasteiger partial charge in [-0.25, -0.2) is 0 Å². The van der Waals surface area contributed by atoms with Gasteiger partial charge in [-0.3, -0.25) is 4.79 Å². The molecule has 0 saturated carbocycles. The van der Waals surface area contributed by atoms with Crippen molar-refractivity contribution in [1.82, 2.24) is 4.90 Å². The molecule has 5 heteroatoms. The van der Waals surface area contributed by atoms with Crippen molar-refractivity contribution in [2.45, 2.75) is 0 Å². The molecule has 1 aliphatic heterocycles. The average Bonchev–Trinajstić information content (AvgIpc) is 2.93. The number of nitrogens with zero attached hydrogens (tertiary/aromatic N) is 3. The second-order valence-corrected chi connectivity index (χ2v) is 6.22. The topological polar surface area (TPSA) is 26.8 Å². The Bertz CT molecular complexity index is 665. The Balaban J connectivity index is 2.10. The minimum Gasteiger partial charge on any atom is -0.342 e. The largest absolute Gasteiger partial charge is 0.342 e. The fraction of sp³-hybridized carbons (Fsp3) is 0.312. The molecule has 0 radical (unpaired) electrons. The Morgan fingerprint density at radius 1 is 1.10 bits per heavy atom. The van der Waals surface area contributed by atoms with Crippen molar-refractivity contribution in [3.63, 3.8) is 0 Å². The first kappa shape index (κ1) is 14.1. The van der Waals surface area contributed by atoms with Crippen LogP contribution in [0.3, 0.4) is 0 Å². The molecule has 21 heavy (non-hydrogen) atoms. The molecule has 0 atom stereocenters. The lowest BCUT2D eigenvalue weighted by molar-refractivity contribution is 0.0987. The van der Waals surface area contributed by atoms with Crippen molar-refractivity contribution in [2.24, 2.45) is 0 Å². The number of carbonyl (C=O) groups is 1. The lowest BCUT2D eigenvalue weighted by Gasteiger charge is -2.25. The molecule has 110 valence electrons. The maximum atomic E-state index is 12.9. The molecular formula is C16H19N3OS. The van der Waals surface area contributed by atoms with E-state index in [9.17, 15) is 4.79 Å². The van der Waals surface area contributed by atoms with Crippen molar-refractivity contribution >= 4 is 34.3 Å². The zero-order chi connectivity index (χ0) is 15.0. The fourth-order valence-electron chi connectivity index (χ4n) is 2.59. The van der Waals surface area contributed by atoms with E-state index in [1.807, 2.05) is 55.0 Å². The Morgan fingerprint density at radius 3 is 2.52 bits per heavy atom. The summed E-state index contributed by atoms with van der Waals surface area (Å²) in [5, 5.41) is 3.99. The van der Waals surface area contributed by atoms with Gasteiger partial charge in [0.25, 0.3) is 5.91 Å². The maximum absolute atomic E-state index is 12.9. The molecule has 0 fully saturated rings. The molecule has 1 aromatic heterocycles. The third-order valence-electron chi connectivity index (χ3n) is 3.78. The number of benzene rings is 1. The number of hydrogen-bond acceptors (Lipinski definition) is 4. The van der Waals surface area contributed by atoms with E-state index in [0.717, 1.165) is 29.2 Å². The zero-order valence-electron chi connectivity index (χ0n) is 12.5. The molecule has 0 bridgehead atoms. The second-order valence-electron chi connectivity index (χ2n) is 5.48. The highest BCUT2D eigenvalue weighted by molar-refractivity contribution is 7.08. The summed E-state index contributed by atoms with van der Waals surface area (Å²) >= 11 is 1.57. The second kappa shape index (κ2) is 5.50. The highest BCUT2D eigenvalue weighted by Gasteiger charge is 2.29. The van der Waals surface area contributed by atoms with Gasteiger partial charge in [0.2, 0.25) is 0 Å². The molecule has 2 heterocycles. The molecule has 3 rings (SSSR count). The SMILES string of the molecule is CN(C)CCN1C(=O)c2cscc2N(C)c2ccccc21. The third kappa shape index (κ3) is 2.43. The summed E-state index contributed by atoms with van der Waals surface area (Å²) in [4.78, 5) is 19.0. The number of hydrogen-bond donors (Lipinski definition) is 0. The standard InChI is InChI=1S/C16H19N3OS/c1-17(2)8-9-19-14-7-5-4-6-13(14)18(3)15-11-21-10-12(15)16(19)20/h4-7,10-11H,8-9H2,1-3H3. The molecular weight excluding hydrogens is 282 g/mol. The Kier molecular flexibility index (Phi) is 3.69. The number of fused-ring (bicyclic) bond motifs is 2. The number of carbonyl (C=O) groups excluding carboxylic acids is 1. The molecule has 2 aromatic rings. The smallest absolute Gasteiger partial charge is 0.261 e. The average molecular weight is 301 g/mol. The summed E-state index contributed by atoms with van der Waals surface area (Å²) in [5.41, 5.74) is 3.83. The van der Waals surface area contributed by atoms with Gasteiger partial charge in [0.15, 0.2) is 0 Å². The van der Waals surface area contributed by atoms with E-state index >= 15 is 0 Å². The highest BCUT2D eigenvalue weighted by atomic mass is 32.1. The quantitative estimate of drug-likeness (QED) is 0.872. The number of thiophene rings is 1. The van der Waals surface area contributed by atoms with Gasteiger partial charge >= 0.3 is 0 Å². The summed E-state index contributed by atoms with van der Waals surface area (Å²) in [7, 11) is 6.07. The first-order valence-electron chi connectivity index (χ1n) is 6.95. The third-order valence-corrected chi connectivity index (χ3v) is 4.51. The fourth-order valence-corrected chi connectivity index (χ4v) is 3.43. The highest BCUT2D eigenvalue weighted by Crippen LogP contribution is 2.40. The predicted octanol–water partition coefficient (Wildman–Crippen LogP) is 3.04. The molecule has 0 aliphatic carbocycles. The minimum atomic E-state index is 0.0879. The molecule has 0 unspecified atom stereocenters. The number of rotatable bonds is 3. The van der Waals surface area contributed by atoms with Gasteiger partial charge in [-0.2, -0.15) is 0 Å². The number of anilines is 3. The number of amides is 1. The predicted molar refractivity (Wildman–Crippen MR) is 89.1 cm³/mol.